The second-order valence-electron chi connectivity index (χ2n) is 4.74. The van der Waals surface area contributed by atoms with Gasteiger partial charge >= 0.3 is 0 Å². The highest BCUT2D eigenvalue weighted by Crippen LogP contribution is 2.24. The van der Waals surface area contributed by atoms with E-state index in [1.807, 2.05) is 6.07 Å². The zero-order chi connectivity index (χ0) is 13.4. The number of rotatable bonds is 8. The van der Waals surface area contributed by atoms with Gasteiger partial charge in [0.05, 0.1) is 6.61 Å². The third-order valence-corrected chi connectivity index (χ3v) is 3.39. The summed E-state index contributed by atoms with van der Waals surface area (Å²) in [5.41, 5.74) is 1.22. The lowest BCUT2D eigenvalue weighted by Crippen LogP contribution is -2.14. The Morgan fingerprint density at radius 2 is 2.11 bits per heavy atom. The molecule has 0 aliphatic heterocycles. The predicted molar refractivity (Wildman–Crippen MR) is 81.1 cm³/mol. The van der Waals surface area contributed by atoms with Crippen LogP contribution >= 0.6 is 15.9 Å². The van der Waals surface area contributed by atoms with Crippen LogP contribution in [0.1, 0.15) is 39.2 Å². The standard InChI is InChI=1S/C15H24BrNO/c1-4-6-12(3)11-18-15-8-7-14(16)9-13(15)10-17-5-2/h7-9,12,17H,4-6,10-11H2,1-3H3. The van der Waals surface area contributed by atoms with Gasteiger partial charge in [0.1, 0.15) is 5.75 Å². The quantitative estimate of drug-likeness (QED) is 0.769. The highest BCUT2D eigenvalue weighted by Gasteiger charge is 2.07. The van der Waals surface area contributed by atoms with Crippen molar-refractivity contribution in [3.8, 4) is 5.75 Å². The fraction of sp³-hybridized carbons (Fsp3) is 0.600. The Morgan fingerprint density at radius 1 is 1.33 bits per heavy atom. The second kappa shape index (κ2) is 8.54. The SMILES string of the molecule is CCCC(C)COc1ccc(Br)cc1CNCC. The van der Waals surface area contributed by atoms with Gasteiger partial charge in [0.2, 0.25) is 0 Å². The van der Waals surface area contributed by atoms with Crippen molar-refractivity contribution in [3.05, 3.63) is 28.2 Å². The normalized spacial score (nSPS) is 12.4. The molecule has 1 atom stereocenters. The van der Waals surface area contributed by atoms with Gasteiger partial charge in [0, 0.05) is 16.6 Å². The molecule has 0 aromatic heterocycles. The Kier molecular flexibility index (Phi) is 7.36. The van der Waals surface area contributed by atoms with Crippen LogP contribution in [0, 0.1) is 5.92 Å². The molecule has 0 aliphatic carbocycles. The second-order valence-corrected chi connectivity index (χ2v) is 5.65. The average molecular weight is 314 g/mol. The monoisotopic (exact) mass is 313 g/mol. The molecule has 0 amide bonds. The molecular formula is C15H24BrNO. The molecule has 2 nitrogen and oxygen atoms in total. The van der Waals surface area contributed by atoms with Crippen molar-refractivity contribution in [3.63, 3.8) is 0 Å². The van der Waals surface area contributed by atoms with Gasteiger partial charge in [0.15, 0.2) is 0 Å². The lowest BCUT2D eigenvalue weighted by Gasteiger charge is -2.15. The van der Waals surface area contributed by atoms with Gasteiger partial charge in [-0.2, -0.15) is 0 Å². The zero-order valence-corrected chi connectivity index (χ0v) is 13.2. The van der Waals surface area contributed by atoms with Gasteiger partial charge in [-0.05, 0) is 37.1 Å². The topological polar surface area (TPSA) is 21.3 Å². The number of ether oxygens (including phenoxy) is 1. The highest BCUT2D eigenvalue weighted by molar-refractivity contribution is 9.10. The number of halogens is 1. The third-order valence-electron chi connectivity index (χ3n) is 2.89. The highest BCUT2D eigenvalue weighted by atomic mass is 79.9. The van der Waals surface area contributed by atoms with Crippen LogP contribution < -0.4 is 10.1 Å². The van der Waals surface area contributed by atoms with Crippen molar-refractivity contribution in [2.45, 2.75) is 40.2 Å². The van der Waals surface area contributed by atoms with Crippen LogP contribution in [0.2, 0.25) is 0 Å². The van der Waals surface area contributed by atoms with Crippen molar-refractivity contribution in [2.24, 2.45) is 5.92 Å². The molecule has 0 heterocycles. The Balaban J connectivity index is 2.62. The maximum Gasteiger partial charge on any atom is 0.123 e. The summed E-state index contributed by atoms with van der Waals surface area (Å²) < 4.78 is 7.04. The van der Waals surface area contributed by atoms with E-state index in [4.69, 9.17) is 4.74 Å². The smallest absolute Gasteiger partial charge is 0.123 e. The van der Waals surface area contributed by atoms with Crippen LogP contribution in [0.4, 0.5) is 0 Å². The maximum atomic E-state index is 5.94. The summed E-state index contributed by atoms with van der Waals surface area (Å²) in [5.74, 6) is 1.62. The molecule has 18 heavy (non-hydrogen) atoms. The molecule has 1 rings (SSSR count). The van der Waals surface area contributed by atoms with Gasteiger partial charge in [-0.25, -0.2) is 0 Å². The molecule has 0 bridgehead atoms. The Hall–Kier alpha value is -0.540. The summed E-state index contributed by atoms with van der Waals surface area (Å²) in [4.78, 5) is 0. The summed E-state index contributed by atoms with van der Waals surface area (Å²) in [6.45, 7) is 9.20. The van der Waals surface area contributed by atoms with Gasteiger partial charge in [-0.1, -0.05) is 43.1 Å². The van der Waals surface area contributed by atoms with E-state index in [1.165, 1.54) is 18.4 Å². The number of nitrogens with one attached hydrogen (secondary N) is 1. The molecule has 0 aliphatic rings. The number of hydrogen-bond donors (Lipinski definition) is 1. The van der Waals surface area contributed by atoms with Gasteiger partial charge in [-0.3, -0.25) is 0 Å². The molecule has 1 aromatic carbocycles. The molecule has 0 saturated heterocycles. The summed E-state index contributed by atoms with van der Waals surface area (Å²) in [6, 6.07) is 6.22. The first-order valence-electron chi connectivity index (χ1n) is 6.79. The van der Waals surface area contributed by atoms with Crippen LogP contribution in [0.15, 0.2) is 22.7 Å². The summed E-state index contributed by atoms with van der Waals surface area (Å²) in [6.07, 6.45) is 2.44. The summed E-state index contributed by atoms with van der Waals surface area (Å²) in [5, 5.41) is 3.34. The van der Waals surface area contributed by atoms with E-state index in [1.54, 1.807) is 0 Å². The van der Waals surface area contributed by atoms with Crippen LogP contribution in [-0.2, 0) is 6.54 Å². The average Bonchev–Trinajstić information content (AvgIpc) is 2.35. The number of benzene rings is 1. The van der Waals surface area contributed by atoms with Crippen LogP contribution in [0.3, 0.4) is 0 Å². The van der Waals surface area contributed by atoms with Gasteiger partial charge in [0.25, 0.3) is 0 Å². The van der Waals surface area contributed by atoms with Crippen molar-refractivity contribution in [1.29, 1.82) is 0 Å². The molecule has 0 spiro atoms. The van der Waals surface area contributed by atoms with E-state index in [0.29, 0.717) is 5.92 Å². The lowest BCUT2D eigenvalue weighted by atomic mass is 10.1. The summed E-state index contributed by atoms with van der Waals surface area (Å²) in [7, 11) is 0. The van der Waals surface area contributed by atoms with E-state index >= 15 is 0 Å². The molecule has 3 heteroatoms. The first-order chi connectivity index (χ1) is 8.67. The molecular weight excluding hydrogens is 290 g/mol. The van der Waals surface area contributed by atoms with Crippen LogP contribution in [0.5, 0.6) is 5.75 Å². The van der Waals surface area contributed by atoms with Crippen molar-refractivity contribution < 1.29 is 4.74 Å². The minimum atomic E-state index is 0.616. The van der Waals surface area contributed by atoms with E-state index in [-0.39, 0.29) is 0 Å². The van der Waals surface area contributed by atoms with Crippen molar-refractivity contribution in [1.82, 2.24) is 5.32 Å². The Bertz CT molecular complexity index is 354. The van der Waals surface area contributed by atoms with Crippen LogP contribution in [-0.4, -0.2) is 13.2 Å². The molecule has 0 radical (unpaired) electrons. The lowest BCUT2D eigenvalue weighted by molar-refractivity contribution is 0.249. The van der Waals surface area contributed by atoms with Crippen LogP contribution in [0.25, 0.3) is 0 Å². The van der Waals surface area contributed by atoms with E-state index in [2.05, 4.69) is 54.2 Å². The van der Waals surface area contributed by atoms with Crippen molar-refractivity contribution in [2.75, 3.05) is 13.2 Å². The van der Waals surface area contributed by atoms with Gasteiger partial charge in [-0.15, -0.1) is 0 Å². The maximum absolute atomic E-state index is 5.94. The van der Waals surface area contributed by atoms with E-state index in [9.17, 15) is 0 Å². The van der Waals surface area contributed by atoms with Gasteiger partial charge < -0.3 is 10.1 Å². The fourth-order valence-corrected chi connectivity index (χ4v) is 2.30. The molecule has 1 N–H and O–H groups in total. The first kappa shape index (κ1) is 15.5. The molecule has 1 aromatic rings. The fourth-order valence-electron chi connectivity index (χ4n) is 1.89. The third kappa shape index (κ3) is 5.40. The summed E-state index contributed by atoms with van der Waals surface area (Å²) >= 11 is 3.51. The predicted octanol–water partition coefficient (Wildman–Crippen LogP) is 4.37. The largest absolute Gasteiger partial charge is 0.493 e. The minimum absolute atomic E-state index is 0.616. The Labute approximate surface area is 119 Å². The zero-order valence-electron chi connectivity index (χ0n) is 11.6. The number of hydrogen-bond acceptors (Lipinski definition) is 2. The van der Waals surface area contributed by atoms with E-state index in [0.717, 1.165) is 29.9 Å². The minimum Gasteiger partial charge on any atom is -0.493 e. The Morgan fingerprint density at radius 3 is 2.78 bits per heavy atom. The molecule has 0 fully saturated rings. The van der Waals surface area contributed by atoms with Crippen molar-refractivity contribution >= 4 is 15.9 Å². The first-order valence-corrected chi connectivity index (χ1v) is 7.58. The van der Waals surface area contributed by atoms with E-state index < -0.39 is 0 Å². The molecule has 1 unspecified atom stereocenters. The molecule has 102 valence electrons. The molecule has 0 saturated carbocycles.